The summed E-state index contributed by atoms with van der Waals surface area (Å²) in [4.78, 5) is 26.5. The summed E-state index contributed by atoms with van der Waals surface area (Å²) in [6.07, 6.45) is 0.787. The van der Waals surface area contributed by atoms with Crippen LogP contribution in [0.3, 0.4) is 0 Å². The van der Waals surface area contributed by atoms with Gasteiger partial charge in [0.1, 0.15) is 6.04 Å². The third-order valence-corrected chi connectivity index (χ3v) is 5.63. The molecule has 2 amide bonds. The highest BCUT2D eigenvalue weighted by Crippen LogP contribution is 2.27. The number of nitrogens with zero attached hydrogens (tertiary/aromatic N) is 1. The largest absolute Gasteiger partial charge is 0.350 e. The number of carbonyl (C=O) groups is 2. The Bertz CT molecular complexity index is 888. The molecular formula is C19H16Cl4N2O2. The van der Waals surface area contributed by atoms with E-state index in [4.69, 9.17) is 46.4 Å². The highest BCUT2D eigenvalue weighted by molar-refractivity contribution is 6.35. The highest BCUT2D eigenvalue weighted by Gasteiger charge is 2.36. The van der Waals surface area contributed by atoms with E-state index in [-0.39, 0.29) is 24.9 Å². The number of likely N-dealkylation sites (tertiary alicyclic amines) is 1. The summed E-state index contributed by atoms with van der Waals surface area (Å²) in [5.74, 6) is -0.303. The lowest BCUT2D eigenvalue weighted by Gasteiger charge is -2.24. The van der Waals surface area contributed by atoms with Gasteiger partial charge in [0, 0.05) is 39.6 Å². The zero-order valence-corrected chi connectivity index (χ0v) is 17.2. The second-order valence-electron chi connectivity index (χ2n) is 6.27. The van der Waals surface area contributed by atoms with Crippen LogP contribution in [0.4, 0.5) is 0 Å². The Morgan fingerprint density at radius 2 is 1.59 bits per heavy atom. The molecule has 1 atom stereocenters. The number of hydrogen-bond donors (Lipinski definition) is 1. The van der Waals surface area contributed by atoms with Crippen molar-refractivity contribution in [3.05, 3.63) is 67.6 Å². The molecule has 27 heavy (non-hydrogen) atoms. The minimum absolute atomic E-state index is 0.0781. The molecule has 0 aliphatic carbocycles. The SMILES string of the molecule is O=C(NCc1ccc(Cl)cc1Cl)[C@@H]1CCC(=O)N1Cc1ccc(Cl)cc1Cl. The van der Waals surface area contributed by atoms with Crippen LogP contribution in [-0.2, 0) is 22.7 Å². The Labute approximate surface area is 177 Å². The highest BCUT2D eigenvalue weighted by atomic mass is 35.5. The molecular weight excluding hydrogens is 430 g/mol. The molecule has 0 bridgehead atoms. The van der Waals surface area contributed by atoms with Crippen LogP contribution in [0.25, 0.3) is 0 Å². The van der Waals surface area contributed by atoms with Gasteiger partial charge in [0.25, 0.3) is 0 Å². The summed E-state index contributed by atoms with van der Waals surface area (Å²) in [6, 6.07) is 9.64. The number of halogens is 4. The van der Waals surface area contributed by atoms with E-state index in [9.17, 15) is 9.59 Å². The average molecular weight is 446 g/mol. The summed E-state index contributed by atoms with van der Waals surface area (Å²) < 4.78 is 0. The van der Waals surface area contributed by atoms with Crippen molar-refractivity contribution in [3.8, 4) is 0 Å². The number of amides is 2. The first-order chi connectivity index (χ1) is 12.8. The van der Waals surface area contributed by atoms with Gasteiger partial charge in [0.15, 0.2) is 0 Å². The van der Waals surface area contributed by atoms with Gasteiger partial charge in [-0.2, -0.15) is 0 Å². The predicted molar refractivity (Wildman–Crippen MR) is 108 cm³/mol. The van der Waals surface area contributed by atoms with Crippen molar-refractivity contribution in [2.75, 3.05) is 0 Å². The van der Waals surface area contributed by atoms with Gasteiger partial charge in [0.05, 0.1) is 0 Å². The smallest absolute Gasteiger partial charge is 0.243 e. The summed E-state index contributed by atoms with van der Waals surface area (Å²) in [7, 11) is 0. The molecule has 0 radical (unpaired) electrons. The second kappa shape index (κ2) is 8.70. The number of carbonyl (C=O) groups excluding carboxylic acids is 2. The Hall–Kier alpha value is -1.46. The van der Waals surface area contributed by atoms with Gasteiger partial charge in [-0.3, -0.25) is 9.59 Å². The van der Waals surface area contributed by atoms with Crippen molar-refractivity contribution in [1.29, 1.82) is 0 Å². The van der Waals surface area contributed by atoms with Gasteiger partial charge in [-0.1, -0.05) is 58.5 Å². The molecule has 0 aromatic heterocycles. The molecule has 3 rings (SSSR count). The van der Waals surface area contributed by atoms with E-state index < -0.39 is 6.04 Å². The Morgan fingerprint density at radius 1 is 1.00 bits per heavy atom. The molecule has 0 unspecified atom stereocenters. The quantitative estimate of drug-likeness (QED) is 0.695. The maximum Gasteiger partial charge on any atom is 0.243 e. The standard InChI is InChI=1S/C19H16Cl4N2O2/c20-13-3-1-11(15(22)7-13)9-24-19(27)17-5-6-18(26)25(17)10-12-2-4-14(21)8-16(12)23/h1-4,7-8,17H,5-6,9-10H2,(H,24,27)/t17-/m0/s1. The van der Waals surface area contributed by atoms with Crippen LogP contribution >= 0.6 is 46.4 Å². The molecule has 1 N–H and O–H groups in total. The number of hydrogen-bond acceptors (Lipinski definition) is 2. The van der Waals surface area contributed by atoms with Crippen molar-refractivity contribution in [2.45, 2.75) is 32.0 Å². The molecule has 0 saturated carbocycles. The molecule has 1 aliphatic rings. The first kappa shape index (κ1) is 20.3. The fraction of sp³-hybridized carbons (Fsp3) is 0.263. The van der Waals surface area contributed by atoms with Gasteiger partial charge in [-0.05, 0) is 41.8 Å². The van der Waals surface area contributed by atoms with Crippen LogP contribution in [0, 0.1) is 0 Å². The van der Waals surface area contributed by atoms with Crippen LogP contribution in [0.1, 0.15) is 24.0 Å². The van der Waals surface area contributed by atoms with E-state index in [2.05, 4.69) is 5.32 Å². The lowest BCUT2D eigenvalue weighted by atomic mass is 10.1. The van der Waals surface area contributed by atoms with Crippen molar-refractivity contribution in [3.63, 3.8) is 0 Å². The number of nitrogens with one attached hydrogen (secondary N) is 1. The van der Waals surface area contributed by atoms with E-state index in [0.717, 1.165) is 11.1 Å². The van der Waals surface area contributed by atoms with E-state index in [0.29, 0.717) is 32.9 Å². The Balaban J connectivity index is 1.68. The van der Waals surface area contributed by atoms with Crippen LogP contribution in [0.5, 0.6) is 0 Å². The molecule has 1 saturated heterocycles. The topological polar surface area (TPSA) is 49.4 Å². The van der Waals surface area contributed by atoms with Crippen LogP contribution < -0.4 is 5.32 Å². The van der Waals surface area contributed by atoms with Crippen LogP contribution in [0.15, 0.2) is 36.4 Å². The predicted octanol–water partition coefficient (Wildman–Crippen LogP) is 5.11. The van der Waals surface area contributed by atoms with Gasteiger partial charge >= 0.3 is 0 Å². The zero-order chi connectivity index (χ0) is 19.6. The summed E-state index contributed by atoms with van der Waals surface area (Å²) in [5, 5.41) is 4.84. The lowest BCUT2D eigenvalue weighted by Crippen LogP contribution is -2.44. The zero-order valence-electron chi connectivity index (χ0n) is 14.1. The lowest BCUT2D eigenvalue weighted by molar-refractivity contribution is -0.135. The Morgan fingerprint density at radius 3 is 2.19 bits per heavy atom. The maximum absolute atomic E-state index is 12.7. The van der Waals surface area contributed by atoms with Crippen molar-refractivity contribution in [2.24, 2.45) is 0 Å². The van der Waals surface area contributed by atoms with Crippen molar-refractivity contribution < 1.29 is 9.59 Å². The van der Waals surface area contributed by atoms with Crippen molar-refractivity contribution in [1.82, 2.24) is 10.2 Å². The van der Waals surface area contributed by atoms with Crippen molar-refractivity contribution >= 4 is 58.2 Å². The number of rotatable bonds is 5. The molecule has 8 heteroatoms. The number of benzene rings is 2. The van der Waals surface area contributed by atoms with Crippen LogP contribution in [-0.4, -0.2) is 22.8 Å². The molecule has 1 aliphatic heterocycles. The van der Waals surface area contributed by atoms with Gasteiger partial charge in [0.2, 0.25) is 11.8 Å². The molecule has 0 spiro atoms. The maximum atomic E-state index is 12.7. The Kier molecular flexibility index (Phi) is 6.53. The van der Waals surface area contributed by atoms with Crippen LogP contribution in [0.2, 0.25) is 20.1 Å². The fourth-order valence-electron chi connectivity index (χ4n) is 3.00. The van der Waals surface area contributed by atoms with Gasteiger partial charge in [-0.25, -0.2) is 0 Å². The van der Waals surface area contributed by atoms with Gasteiger partial charge in [-0.15, -0.1) is 0 Å². The van der Waals surface area contributed by atoms with E-state index in [1.807, 2.05) is 0 Å². The summed E-state index contributed by atoms with van der Waals surface area (Å²) in [5.41, 5.74) is 1.50. The molecule has 2 aromatic carbocycles. The molecule has 2 aromatic rings. The summed E-state index contributed by atoms with van der Waals surface area (Å²) in [6.45, 7) is 0.518. The third kappa shape index (κ3) is 4.88. The fourth-order valence-corrected chi connectivity index (χ4v) is 3.95. The molecule has 4 nitrogen and oxygen atoms in total. The average Bonchev–Trinajstić information content (AvgIpc) is 2.97. The minimum Gasteiger partial charge on any atom is -0.350 e. The van der Waals surface area contributed by atoms with Gasteiger partial charge < -0.3 is 10.2 Å². The minimum atomic E-state index is -0.546. The monoisotopic (exact) mass is 444 g/mol. The summed E-state index contributed by atoms with van der Waals surface area (Å²) >= 11 is 24.1. The molecule has 1 heterocycles. The van der Waals surface area contributed by atoms with E-state index in [1.54, 1.807) is 41.3 Å². The third-order valence-electron chi connectivity index (χ3n) is 4.45. The van der Waals surface area contributed by atoms with E-state index in [1.165, 1.54) is 0 Å². The van der Waals surface area contributed by atoms with E-state index >= 15 is 0 Å². The first-order valence-electron chi connectivity index (χ1n) is 8.30. The molecule has 142 valence electrons. The molecule has 1 fully saturated rings. The normalized spacial score (nSPS) is 16.7. The second-order valence-corrected chi connectivity index (χ2v) is 7.95. The first-order valence-corrected chi connectivity index (χ1v) is 9.81.